The van der Waals surface area contributed by atoms with Crippen molar-refractivity contribution in [2.45, 2.75) is 26.2 Å². The van der Waals surface area contributed by atoms with Gasteiger partial charge in [0.25, 0.3) is 5.56 Å². The van der Waals surface area contributed by atoms with Gasteiger partial charge in [-0.1, -0.05) is 50.6 Å². The molecule has 0 aliphatic carbocycles. The zero-order chi connectivity index (χ0) is 15.9. The minimum atomic E-state index is -0.201. The number of rotatable bonds is 1. The highest BCUT2D eigenvalue weighted by molar-refractivity contribution is 6.35. The van der Waals surface area contributed by atoms with Crippen molar-refractivity contribution < 1.29 is 0 Å². The van der Waals surface area contributed by atoms with Gasteiger partial charge in [-0.15, -0.1) is 0 Å². The lowest BCUT2D eigenvalue weighted by atomic mass is 9.90. The van der Waals surface area contributed by atoms with Gasteiger partial charge in [0, 0.05) is 17.3 Å². The number of fused-ring (bicyclic) bond motifs is 1. The second-order valence-corrected chi connectivity index (χ2v) is 6.72. The molecule has 0 atom stereocenters. The monoisotopic (exact) mass is 312 g/mol. The predicted octanol–water partition coefficient (Wildman–Crippen LogP) is 4.34. The van der Waals surface area contributed by atoms with Crippen LogP contribution in [-0.2, 0) is 5.41 Å². The summed E-state index contributed by atoms with van der Waals surface area (Å²) >= 11 is 6.25. The molecule has 0 aliphatic rings. The molecule has 0 saturated carbocycles. The van der Waals surface area contributed by atoms with Crippen molar-refractivity contribution >= 4 is 22.4 Å². The molecular formula is C18H17ClN2O. The lowest BCUT2D eigenvalue weighted by Crippen LogP contribution is -2.29. The van der Waals surface area contributed by atoms with Gasteiger partial charge in [0.1, 0.15) is 5.82 Å². The standard InChI is InChI=1S/C18H17ClN2O/c1-18(2,3)14-11-12-7-6-8-13(19)16(12)17(22)21(14)15-9-4-5-10-20-15/h4-11H,1-3H3. The van der Waals surface area contributed by atoms with Crippen LogP contribution >= 0.6 is 11.6 Å². The van der Waals surface area contributed by atoms with E-state index in [0.29, 0.717) is 16.2 Å². The highest BCUT2D eigenvalue weighted by Crippen LogP contribution is 2.28. The Morgan fingerprint density at radius 3 is 2.50 bits per heavy atom. The minimum Gasteiger partial charge on any atom is -0.268 e. The Morgan fingerprint density at radius 2 is 1.86 bits per heavy atom. The average Bonchev–Trinajstić information content (AvgIpc) is 2.47. The average molecular weight is 313 g/mol. The smallest absolute Gasteiger partial charge is 0.265 e. The zero-order valence-electron chi connectivity index (χ0n) is 12.8. The maximum atomic E-state index is 13.1. The Morgan fingerprint density at radius 1 is 1.09 bits per heavy atom. The molecule has 0 aliphatic heterocycles. The Kier molecular flexibility index (Phi) is 3.53. The fourth-order valence-corrected chi connectivity index (χ4v) is 2.85. The summed E-state index contributed by atoms with van der Waals surface area (Å²) in [5.74, 6) is 0.610. The summed E-state index contributed by atoms with van der Waals surface area (Å²) in [4.78, 5) is 17.4. The summed E-state index contributed by atoms with van der Waals surface area (Å²) in [6.07, 6.45) is 1.69. The van der Waals surface area contributed by atoms with E-state index in [0.717, 1.165) is 11.1 Å². The highest BCUT2D eigenvalue weighted by Gasteiger charge is 2.22. The molecule has 3 nitrogen and oxygen atoms in total. The molecule has 4 heteroatoms. The largest absolute Gasteiger partial charge is 0.268 e. The first-order valence-corrected chi connectivity index (χ1v) is 7.53. The van der Waals surface area contributed by atoms with Crippen LogP contribution in [0.5, 0.6) is 0 Å². The van der Waals surface area contributed by atoms with Crippen LogP contribution in [0.3, 0.4) is 0 Å². The number of benzene rings is 1. The Hall–Kier alpha value is -2.13. The summed E-state index contributed by atoms with van der Waals surface area (Å²) in [6.45, 7) is 6.24. The van der Waals surface area contributed by atoms with Crippen molar-refractivity contribution in [1.29, 1.82) is 0 Å². The molecule has 22 heavy (non-hydrogen) atoms. The maximum absolute atomic E-state index is 13.1. The number of pyridine rings is 2. The normalized spacial score (nSPS) is 11.8. The van der Waals surface area contributed by atoms with Gasteiger partial charge in [-0.05, 0) is 29.7 Å². The molecule has 0 fully saturated rings. The fourth-order valence-electron chi connectivity index (χ4n) is 2.59. The first-order valence-electron chi connectivity index (χ1n) is 7.16. The van der Waals surface area contributed by atoms with Crippen molar-refractivity contribution in [3.63, 3.8) is 0 Å². The van der Waals surface area contributed by atoms with E-state index in [1.54, 1.807) is 16.8 Å². The molecule has 0 unspecified atom stereocenters. The second kappa shape index (κ2) is 5.25. The van der Waals surface area contributed by atoms with Gasteiger partial charge in [0.05, 0.1) is 10.4 Å². The molecular weight excluding hydrogens is 296 g/mol. The van der Waals surface area contributed by atoms with Crippen molar-refractivity contribution in [1.82, 2.24) is 9.55 Å². The molecule has 0 spiro atoms. The molecule has 2 heterocycles. The molecule has 0 amide bonds. The Labute approximate surface area is 134 Å². The van der Waals surface area contributed by atoms with Gasteiger partial charge >= 0.3 is 0 Å². The molecule has 2 aromatic heterocycles. The lowest BCUT2D eigenvalue weighted by Gasteiger charge is -2.24. The summed E-state index contributed by atoms with van der Waals surface area (Å²) in [5.41, 5.74) is 0.574. The van der Waals surface area contributed by atoms with Gasteiger partial charge in [0.2, 0.25) is 0 Å². The van der Waals surface area contributed by atoms with E-state index in [1.165, 1.54) is 0 Å². The number of halogens is 1. The minimum absolute atomic E-state index is 0.133. The maximum Gasteiger partial charge on any atom is 0.265 e. The zero-order valence-corrected chi connectivity index (χ0v) is 13.6. The lowest BCUT2D eigenvalue weighted by molar-refractivity contribution is 0.547. The third-order valence-electron chi connectivity index (χ3n) is 3.64. The topological polar surface area (TPSA) is 34.9 Å². The van der Waals surface area contributed by atoms with E-state index in [-0.39, 0.29) is 11.0 Å². The third kappa shape index (κ3) is 2.42. The molecule has 0 saturated heterocycles. The van der Waals surface area contributed by atoms with Gasteiger partial charge < -0.3 is 0 Å². The summed E-state index contributed by atoms with van der Waals surface area (Å²) < 4.78 is 1.66. The van der Waals surface area contributed by atoms with Gasteiger partial charge in [0.15, 0.2) is 0 Å². The summed E-state index contributed by atoms with van der Waals surface area (Å²) in [6, 6.07) is 13.1. The molecule has 112 valence electrons. The first kappa shape index (κ1) is 14.8. The van der Waals surface area contributed by atoms with Crippen LogP contribution < -0.4 is 5.56 Å². The van der Waals surface area contributed by atoms with Crippen molar-refractivity contribution in [2.75, 3.05) is 0 Å². The first-order chi connectivity index (χ1) is 10.4. The molecule has 1 aromatic carbocycles. The van der Waals surface area contributed by atoms with E-state index in [1.807, 2.05) is 36.4 Å². The molecule has 3 rings (SSSR count). The van der Waals surface area contributed by atoms with E-state index in [9.17, 15) is 4.79 Å². The SMILES string of the molecule is CC(C)(C)c1cc2cccc(Cl)c2c(=O)n1-c1ccccn1. The van der Waals surface area contributed by atoms with Crippen LogP contribution in [0.4, 0.5) is 0 Å². The van der Waals surface area contributed by atoms with Crippen molar-refractivity contribution in [2.24, 2.45) is 0 Å². The highest BCUT2D eigenvalue weighted by atomic mass is 35.5. The van der Waals surface area contributed by atoms with Crippen LogP contribution in [0.1, 0.15) is 26.5 Å². The van der Waals surface area contributed by atoms with Crippen LogP contribution in [0, 0.1) is 0 Å². The van der Waals surface area contributed by atoms with Gasteiger partial charge in [-0.3, -0.25) is 9.36 Å². The molecule has 3 aromatic rings. The van der Waals surface area contributed by atoms with E-state index in [4.69, 9.17) is 11.6 Å². The molecule has 0 N–H and O–H groups in total. The van der Waals surface area contributed by atoms with Crippen molar-refractivity contribution in [3.8, 4) is 5.82 Å². The number of hydrogen-bond donors (Lipinski definition) is 0. The van der Waals surface area contributed by atoms with E-state index < -0.39 is 0 Å². The quantitative estimate of drug-likeness (QED) is 0.670. The number of aromatic nitrogens is 2. The van der Waals surface area contributed by atoms with Crippen LogP contribution in [0.25, 0.3) is 16.6 Å². The third-order valence-corrected chi connectivity index (χ3v) is 3.96. The van der Waals surface area contributed by atoms with Crippen molar-refractivity contribution in [3.05, 3.63) is 69.7 Å². The van der Waals surface area contributed by atoms with Gasteiger partial charge in [-0.2, -0.15) is 0 Å². The molecule has 0 bridgehead atoms. The van der Waals surface area contributed by atoms with Gasteiger partial charge in [-0.25, -0.2) is 4.98 Å². The van der Waals surface area contributed by atoms with E-state index >= 15 is 0 Å². The molecule has 0 radical (unpaired) electrons. The van der Waals surface area contributed by atoms with Crippen LogP contribution in [-0.4, -0.2) is 9.55 Å². The van der Waals surface area contributed by atoms with E-state index in [2.05, 4.69) is 25.8 Å². The summed E-state index contributed by atoms with van der Waals surface area (Å²) in [7, 11) is 0. The predicted molar refractivity (Wildman–Crippen MR) is 91.1 cm³/mol. The number of nitrogens with zero attached hydrogens (tertiary/aromatic N) is 2. The van der Waals surface area contributed by atoms with Crippen LogP contribution in [0.15, 0.2) is 53.5 Å². The number of hydrogen-bond acceptors (Lipinski definition) is 2. The van der Waals surface area contributed by atoms with Crippen LogP contribution in [0.2, 0.25) is 5.02 Å². The fraction of sp³-hybridized carbons (Fsp3) is 0.222. The summed E-state index contributed by atoms with van der Waals surface area (Å²) in [5, 5.41) is 1.85. The second-order valence-electron chi connectivity index (χ2n) is 6.31. The Balaban J connectivity index is 2.50. The Bertz CT molecular complexity index is 893.